The topological polar surface area (TPSA) is 43.9 Å². The van der Waals surface area contributed by atoms with E-state index in [1.54, 1.807) is 6.07 Å². The maximum absolute atomic E-state index is 13.1. The molecule has 0 aliphatic heterocycles. The molecule has 24 heavy (non-hydrogen) atoms. The molecule has 0 bridgehead atoms. The highest BCUT2D eigenvalue weighted by Gasteiger charge is 2.19. The molecule has 0 saturated carbocycles. The number of furan rings is 1. The van der Waals surface area contributed by atoms with Crippen molar-refractivity contribution in [2.24, 2.45) is 0 Å². The molecule has 0 saturated heterocycles. The zero-order chi connectivity index (χ0) is 17.3. The number of rotatable bonds is 5. The summed E-state index contributed by atoms with van der Waals surface area (Å²) in [7, 11) is 0. The van der Waals surface area contributed by atoms with Gasteiger partial charge in [0.25, 0.3) is 0 Å². The Morgan fingerprint density at radius 2 is 2.08 bits per heavy atom. The van der Waals surface area contributed by atoms with Crippen LogP contribution in [0.4, 0.5) is 4.39 Å². The Morgan fingerprint density at radius 3 is 2.71 bits per heavy atom. The molecule has 0 fully saturated rings. The highest BCUT2D eigenvalue weighted by Crippen LogP contribution is 2.32. The summed E-state index contributed by atoms with van der Waals surface area (Å²) in [6.07, 6.45) is 0. The van der Waals surface area contributed by atoms with Gasteiger partial charge in [0.05, 0.1) is 0 Å². The SMILES string of the molecule is CC(C)n1c(SCc2ccc(F)cc2Cl)nnc1-c1ccc(Br)o1. The lowest BCUT2D eigenvalue weighted by molar-refractivity contribution is 0.519. The number of hydrogen-bond donors (Lipinski definition) is 0. The predicted octanol–water partition coefficient (Wildman–Crippen LogP) is 5.97. The second-order valence-electron chi connectivity index (χ2n) is 5.40. The molecule has 2 aromatic heterocycles. The largest absolute Gasteiger partial charge is 0.446 e. The summed E-state index contributed by atoms with van der Waals surface area (Å²) in [5.74, 6) is 1.55. The number of hydrogen-bond acceptors (Lipinski definition) is 4. The molecule has 8 heteroatoms. The molecule has 3 rings (SSSR count). The predicted molar refractivity (Wildman–Crippen MR) is 96.8 cm³/mol. The van der Waals surface area contributed by atoms with Crippen molar-refractivity contribution >= 4 is 39.3 Å². The second kappa shape index (κ2) is 7.29. The molecular weight excluding hydrogens is 417 g/mol. The number of aromatic nitrogens is 3. The van der Waals surface area contributed by atoms with E-state index < -0.39 is 0 Å². The fourth-order valence-corrected chi connectivity index (χ4v) is 3.92. The minimum absolute atomic E-state index is 0.157. The zero-order valence-corrected chi connectivity index (χ0v) is 16.1. The van der Waals surface area contributed by atoms with E-state index in [1.165, 1.54) is 23.9 Å². The smallest absolute Gasteiger partial charge is 0.200 e. The standard InChI is InChI=1S/C16H14BrClFN3OS/c1-9(2)22-15(13-5-6-14(17)23-13)20-21-16(22)24-8-10-3-4-11(19)7-12(10)18/h3-7,9H,8H2,1-2H3. The van der Waals surface area contributed by atoms with Crippen LogP contribution in [0.5, 0.6) is 0 Å². The lowest BCUT2D eigenvalue weighted by atomic mass is 10.2. The van der Waals surface area contributed by atoms with E-state index in [0.717, 1.165) is 10.7 Å². The molecule has 0 amide bonds. The van der Waals surface area contributed by atoms with E-state index in [0.29, 0.717) is 27.0 Å². The van der Waals surface area contributed by atoms with Gasteiger partial charge in [-0.15, -0.1) is 10.2 Å². The Morgan fingerprint density at radius 1 is 1.29 bits per heavy atom. The normalized spacial score (nSPS) is 11.4. The van der Waals surface area contributed by atoms with Crippen LogP contribution in [0.3, 0.4) is 0 Å². The van der Waals surface area contributed by atoms with Gasteiger partial charge < -0.3 is 4.42 Å². The van der Waals surface area contributed by atoms with E-state index in [1.807, 2.05) is 16.7 Å². The third kappa shape index (κ3) is 3.68. The van der Waals surface area contributed by atoms with Crippen LogP contribution < -0.4 is 0 Å². The molecule has 0 radical (unpaired) electrons. The van der Waals surface area contributed by atoms with Crippen LogP contribution in [0.1, 0.15) is 25.5 Å². The van der Waals surface area contributed by atoms with Crippen molar-refractivity contribution in [1.82, 2.24) is 14.8 Å². The second-order valence-corrected chi connectivity index (χ2v) is 7.53. The number of nitrogens with zero attached hydrogens (tertiary/aromatic N) is 3. The van der Waals surface area contributed by atoms with Gasteiger partial charge in [0.15, 0.2) is 15.6 Å². The van der Waals surface area contributed by atoms with E-state index in [9.17, 15) is 4.39 Å². The van der Waals surface area contributed by atoms with Gasteiger partial charge in [-0.3, -0.25) is 4.57 Å². The Hall–Kier alpha value is -1.31. The van der Waals surface area contributed by atoms with E-state index in [4.69, 9.17) is 16.0 Å². The van der Waals surface area contributed by atoms with Crippen molar-refractivity contribution in [3.05, 3.63) is 51.4 Å². The summed E-state index contributed by atoms with van der Waals surface area (Å²) in [6.45, 7) is 4.11. The molecule has 1 aromatic carbocycles. The average molecular weight is 431 g/mol. The summed E-state index contributed by atoms with van der Waals surface area (Å²) in [4.78, 5) is 0. The van der Waals surface area contributed by atoms with Gasteiger partial charge in [-0.05, 0) is 59.6 Å². The van der Waals surface area contributed by atoms with Crippen LogP contribution in [0.15, 0.2) is 44.6 Å². The monoisotopic (exact) mass is 429 g/mol. The third-order valence-electron chi connectivity index (χ3n) is 3.35. The summed E-state index contributed by atoms with van der Waals surface area (Å²) >= 11 is 10.9. The van der Waals surface area contributed by atoms with Crippen molar-refractivity contribution in [2.45, 2.75) is 30.8 Å². The van der Waals surface area contributed by atoms with Gasteiger partial charge >= 0.3 is 0 Å². The van der Waals surface area contributed by atoms with Crippen LogP contribution in [0.2, 0.25) is 5.02 Å². The van der Waals surface area contributed by atoms with Crippen LogP contribution in [-0.2, 0) is 5.75 Å². The lowest BCUT2D eigenvalue weighted by Crippen LogP contribution is -2.04. The Balaban J connectivity index is 1.87. The Kier molecular flexibility index (Phi) is 5.32. The molecule has 0 aliphatic rings. The van der Waals surface area contributed by atoms with E-state index in [2.05, 4.69) is 40.0 Å². The van der Waals surface area contributed by atoms with Crippen molar-refractivity contribution in [3.8, 4) is 11.6 Å². The molecule has 0 unspecified atom stereocenters. The fraction of sp³-hybridized carbons (Fsp3) is 0.250. The number of halogens is 3. The first-order chi connectivity index (χ1) is 11.5. The first kappa shape index (κ1) is 17.5. The van der Waals surface area contributed by atoms with Gasteiger partial charge in [0.2, 0.25) is 5.82 Å². The zero-order valence-electron chi connectivity index (χ0n) is 13.0. The van der Waals surface area contributed by atoms with Crippen molar-refractivity contribution in [1.29, 1.82) is 0 Å². The van der Waals surface area contributed by atoms with Gasteiger partial charge in [0, 0.05) is 16.8 Å². The molecule has 0 atom stereocenters. The van der Waals surface area contributed by atoms with Gasteiger partial charge in [-0.2, -0.15) is 0 Å². The Labute approximate surface area is 156 Å². The highest BCUT2D eigenvalue weighted by molar-refractivity contribution is 9.10. The van der Waals surface area contributed by atoms with Crippen molar-refractivity contribution in [2.75, 3.05) is 0 Å². The summed E-state index contributed by atoms with van der Waals surface area (Å²) in [5, 5.41) is 9.69. The molecular formula is C16H14BrClFN3OS. The first-order valence-corrected chi connectivity index (χ1v) is 9.38. The van der Waals surface area contributed by atoms with Crippen LogP contribution in [-0.4, -0.2) is 14.8 Å². The highest BCUT2D eigenvalue weighted by atomic mass is 79.9. The fourth-order valence-electron chi connectivity index (χ4n) is 2.22. The first-order valence-electron chi connectivity index (χ1n) is 7.23. The summed E-state index contributed by atoms with van der Waals surface area (Å²) in [6, 6.07) is 8.23. The van der Waals surface area contributed by atoms with Gasteiger partial charge in [-0.25, -0.2) is 4.39 Å². The maximum Gasteiger partial charge on any atom is 0.200 e. The van der Waals surface area contributed by atoms with Gasteiger partial charge in [0.1, 0.15) is 5.82 Å². The quantitative estimate of drug-likeness (QED) is 0.468. The van der Waals surface area contributed by atoms with Gasteiger partial charge in [-0.1, -0.05) is 29.4 Å². The minimum Gasteiger partial charge on any atom is -0.446 e. The Bertz CT molecular complexity index is 865. The minimum atomic E-state index is -0.343. The van der Waals surface area contributed by atoms with Crippen LogP contribution in [0.25, 0.3) is 11.6 Å². The van der Waals surface area contributed by atoms with E-state index in [-0.39, 0.29) is 11.9 Å². The third-order valence-corrected chi connectivity index (χ3v) is 5.12. The maximum atomic E-state index is 13.1. The molecule has 4 nitrogen and oxygen atoms in total. The van der Waals surface area contributed by atoms with E-state index >= 15 is 0 Å². The summed E-state index contributed by atoms with van der Waals surface area (Å²) in [5.41, 5.74) is 0.851. The average Bonchev–Trinajstić information content (AvgIpc) is 3.12. The molecule has 2 heterocycles. The lowest BCUT2D eigenvalue weighted by Gasteiger charge is -2.12. The van der Waals surface area contributed by atoms with Crippen molar-refractivity contribution < 1.29 is 8.81 Å². The molecule has 0 aliphatic carbocycles. The molecule has 0 spiro atoms. The van der Waals surface area contributed by atoms with Crippen LogP contribution >= 0.6 is 39.3 Å². The summed E-state index contributed by atoms with van der Waals surface area (Å²) < 4.78 is 21.4. The number of benzene rings is 1. The number of thioether (sulfide) groups is 1. The molecule has 0 N–H and O–H groups in total. The van der Waals surface area contributed by atoms with Crippen LogP contribution in [0, 0.1) is 5.82 Å². The molecule has 3 aromatic rings. The molecule has 126 valence electrons. The van der Waals surface area contributed by atoms with Crippen molar-refractivity contribution in [3.63, 3.8) is 0 Å².